The Hall–Kier alpha value is -0.570. The fourth-order valence-electron chi connectivity index (χ4n) is 2.79. The molecule has 0 bridgehead atoms. The van der Waals surface area contributed by atoms with Crippen molar-refractivity contribution in [1.29, 1.82) is 0 Å². The molecular formula is C14H26N2O. The molecule has 3 nitrogen and oxygen atoms in total. The Labute approximate surface area is 105 Å². The van der Waals surface area contributed by atoms with Crippen LogP contribution in [0, 0.1) is 5.92 Å². The molecule has 2 rings (SSSR count). The summed E-state index contributed by atoms with van der Waals surface area (Å²) >= 11 is 0. The van der Waals surface area contributed by atoms with Gasteiger partial charge in [0, 0.05) is 25.6 Å². The lowest BCUT2D eigenvalue weighted by molar-refractivity contribution is -0.134. The fraction of sp³-hybridized carbons (Fsp3) is 0.929. The van der Waals surface area contributed by atoms with Crippen molar-refractivity contribution in [3.05, 3.63) is 0 Å². The van der Waals surface area contributed by atoms with Crippen LogP contribution < -0.4 is 5.32 Å². The minimum Gasteiger partial charge on any atom is -0.341 e. The molecule has 17 heavy (non-hydrogen) atoms. The lowest BCUT2D eigenvalue weighted by Gasteiger charge is -2.35. The van der Waals surface area contributed by atoms with Crippen molar-refractivity contribution in [2.24, 2.45) is 5.92 Å². The Balaban J connectivity index is 1.73. The summed E-state index contributed by atoms with van der Waals surface area (Å²) in [5, 5.41) is 3.54. The van der Waals surface area contributed by atoms with E-state index in [1.807, 2.05) is 0 Å². The zero-order chi connectivity index (χ0) is 12.1. The monoisotopic (exact) mass is 238 g/mol. The van der Waals surface area contributed by atoms with Crippen molar-refractivity contribution in [2.75, 3.05) is 19.6 Å². The van der Waals surface area contributed by atoms with Gasteiger partial charge in [-0.2, -0.15) is 0 Å². The van der Waals surface area contributed by atoms with Gasteiger partial charge in [0.2, 0.25) is 5.91 Å². The van der Waals surface area contributed by atoms with E-state index in [0.29, 0.717) is 17.9 Å². The number of nitrogens with one attached hydrogen (secondary N) is 1. The van der Waals surface area contributed by atoms with Crippen LogP contribution in [0.15, 0.2) is 0 Å². The molecule has 1 aliphatic heterocycles. The minimum absolute atomic E-state index is 0.401. The molecule has 98 valence electrons. The number of hydrogen-bond acceptors (Lipinski definition) is 2. The molecule has 0 aromatic rings. The number of amides is 1. The highest BCUT2D eigenvalue weighted by Crippen LogP contribution is 2.30. The van der Waals surface area contributed by atoms with Gasteiger partial charge in [-0.25, -0.2) is 0 Å². The van der Waals surface area contributed by atoms with E-state index in [1.54, 1.807) is 0 Å². The van der Waals surface area contributed by atoms with Crippen LogP contribution in [0.4, 0.5) is 0 Å². The quantitative estimate of drug-likeness (QED) is 0.796. The van der Waals surface area contributed by atoms with E-state index in [9.17, 15) is 4.79 Å². The predicted octanol–water partition coefficient (Wildman–Crippen LogP) is 2.17. The molecule has 1 aliphatic carbocycles. The zero-order valence-corrected chi connectivity index (χ0v) is 11.1. The third-order valence-electron chi connectivity index (χ3n) is 4.15. The lowest BCUT2D eigenvalue weighted by Crippen LogP contribution is -2.48. The van der Waals surface area contributed by atoms with E-state index in [4.69, 9.17) is 0 Å². The van der Waals surface area contributed by atoms with Crippen LogP contribution in [0.2, 0.25) is 0 Å². The second kappa shape index (κ2) is 6.39. The summed E-state index contributed by atoms with van der Waals surface area (Å²) in [7, 11) is 0. The molecule has 1 saturated carbocycles. The molecule has 2 fully saturated rings. The first-order valence-corrected chi connectivity index (χ1v) is 7.30. The molecule has 3 heteroatoms. The van der Waals surface area contributed by atoms with Gasteiger partial charge in [0.1, 0.15) is 0 Å². The van der Waals surface area contributed by atoms with E-state index >= 15 is 0 Å². The van der Waals surface area contributed by atoms with Crippen LogP contribution in [0.25, 0.3) is 0 Å². The average Bonchev–Trinajstić information content (AvgIpc) is 2.31. The van der Waals surface area contributed by atoms with Gasteiger partial charge in [0.15, 0.2) is 0 Å². The molecule has 0 spiro atoms. The van der Waals surface area contributed by atoms with Crippen molar-refractivity contribution in [1.82, 2.24) is 10.2 Å². The number of nitrogens with zero attached hydrogens (tertiary/aromatic N) is 1. The van der Waals surface area contributed by atoms with Crippen molar-refractivity contribution in [2.45, 2.75) is 57.9 Å². The van der Waals surface area contributed by atoms with Gasteiger partial charge in [-0.15, -0.1) is 0 Å². The molecule has 2 aliphatic rings. The molecule has 1 amide bonds. The largest absolute Gasteiger partial charge is 0.341 e. The number of carbonyl (C=O) groups excluding carboxylic acids is 1. The lowest BCUT2D eigenvalue weighted by atomic mass is 9.82. The van der Waals surface area contributed by atoms with Gasteiger partial charge in [-0.3, -0.25) is 4.79 Å². The summed E-state index contributed by atoms with van der Waals surface area (Å²) in [6.45, 7) is 5.19. The van der Waals surface area contributed by atoms with Crippen molar-refractivity contribution < 1.29 is 4.79 Å². The topological polar surface area (TPSA) is 32.3 Å². The Kier molecular flexibility index (Phi) is 4.84. The number of rotatable bonds is 5. The maximum absolute atomic E-state index is 12.1. The molecule has 1 atom stereocenters. The Bertz CT molecular complexity index is 251. The number of hydrogen-bond donors (Lipinski definition) is 1. The fourth-order valence-corrected chi connectivity index (χ4v) is 2.79. The van der Waals surface area contributed by atoms with Crippen molar-refractivity contribution in [3.63, 3.8) is 0 Å². The van der Waals surface area contributed by atoms with Crippen LogP contribution in [0.3, 0.4) is 0 Å². The molecule has 1 N–H and O–H groups in total. The Morgan fingerprint density at radius 3 is 2.76 bits per heavy atom. The van der Waals surface area contributed by atoms with E-state index in [2.05, 4.69) is 17.1 Å². The molecule has 0 aromatic heterocycles. The first-order valence-electron chi connectivity index (χ1n) is 7.30. The summed E-state index contributed by atoms with van der Waals surface area (Å²) in [5.41, 5.74) is 0. The predicted molar refractivity (Wildman–Crippen MR) is 69.9 cm³/mol. The van der Waals surface area contributed by atoms with Gasteiger partial charge < -0.3 is 10.2 Å². The second-order valence-corrected chi connectivity index (χ2v) is 5.63. The summed E-state index contributed by atoms with van der Waals surface area (Å²) < 4.78 is 0. The molecular weight excluding hydrogens is 212 g/mol. The van der Waals surface area contributed by atoms with Crippen molar-refractivity contribution >= 4 is 5.91 Å². The summed E-state index contributed by atoms with van der Waals surface area (Å²) in [6.07, 6.45) is 8.25. The maximum Gasteiger partial charge on any atom is 0.222 e. The van der Waals surface area contributed by atoms with E-state index in [-0.39, 0.29) is 0 Å². The molecule has 0 aromatic carbocycles. The highest BCUT2D eigenvalue weighted by atomic mass is 16.2. The normalized spacial score (nSPS) is 25.7. The van der Waals surface area contributed by atoms with Crippen LogP contribution in [0.5, 0.6) is 0 Å². The summed E-state index contributed by atoms with van der Waals surface area (Å²) in [5.74, 6) is 1.10. The van der Waals surface area contributed by atoms with Crippen LogP contribution in [-0.2, 0) is 4.79 Å². The zero-order valence-electron chi connectivity index (χ0n) is 11.1. The molecule has 1 unspecified atom stereocenters. The van der Waals surface area contributed by atoms with Crippen molar-refractivity contribution in [3.8, 4) is 0 Å². The highest BCUT2D eigenvalue weighted by molar-refractivity contribution is 5.76. The number of piperidine rings is 1. The van der Waals surface area contributed by atoms with Crippen LogP contribution in [-0.4, -0.2) is 36.5 Å². The van der Waals surface area contributed by atoms with Gasteiger partial charge in [0.25, 0.3) is 0 Å². The number of likely N-dealkylation sites (tertiary alicyclic amines) is 1. The smallest absolute Gasteiger partial charge is 0.222 e. The second-order valence-electron chi connectivity index (χ2n) is 5.63. The average molecular weight is 238 g/mol. The van der Waals surface area contributed by atoms with Gasteiger partial charge in [-0.1, -0.05) is 13.3 Å². The number of carbonyl (C=O) groups is 1. The third kappa shape index (κ3) is 3.70. The van der Waals surface area contributed by atoms with Gasteiger partial charge in [-0.05, 0) is 44.6 Å². The van der Waals surface area contributed by atoms with Gasteiger partial charge in [0.05, 0.1) is 0 Å². The summed E-state index contributed by atoms with van der Waals surface area (Å²) in [4.78, 5) is 14.2. The first kappa shape index (κ1) is 12.9. The van der Waals surface area contributed by atoms with E-state index < -0.39 is 0 Å². The maximum atomic E-state index is 12.1. The third-order valence-corrected chi connectivity index (χ3v) is 4.15. The minimum atomic E-state index is 0.401. The van der Waals surface area contributed by atoms with Crippen LogP contribution >= 0.6 is 0 Å². The first-order chi connectivity index (χ1) is 8.29. The highest BCUT2D eigenvalue weighted by Gasteiger charge is 2.27. The molecule has 1 heterocycles. The summed E-state index contributed by atoms with van der Waals surface area (Å²) in [6, 6.07) is 0.536. The SMILES string of the molecule is CCCNC1CCCN(C(=O)CC2CCC2)C1. The Morgan fingerprint density at radius 2 is 2.12 bits per heavy atom. The van der Waals surface area contributed by atoms with E-state index in [1.165, 1.54) is 32.1 Å². The Morgan fingerprint density at radius 1 is 1.29 bits per heavy atom. The van der Waals surface area contributed by atoms with E-state index in [0.717, 1.165) is 32.5 Å². The van der Waals surface area contributed by atoms with Gasteiger partial charge >= 0.3 is 0 Å². The van der Waals surface area contributed by atoms with Crippen LogP contribution in [0.1, 0.15) is 51.9 Å². The standard InChI is InChI=1S/C14H26N2O/c1-2-8-15-13-7-4-9-16(11-13)14(17)10-12-5-3-6-12/h12-13,15H,2-11H2,1H3. The molecule has 1 saturated heterocycles. The molecule has 0 radical (unpaired) electrons.